The predicted octanol–water partition coefficient (Wildman–Crippen LogP) is 8.96. The summed E-state index contributed by atoms with van der Waals surface area (Å²) in [6.45, 7) is 5.39. The van der Waals surface area contributed by atoms with Crippen LogP contribution in [0.1, 0.15) is 86.1 Å². The van der Waals surface area contributed by atoms with Crippen LogP contribution < -0.4 is 0 Å². The van der Waals surface area contributed by atoms with E-state index in [0.29, 0.717) is 22.9 Å². The smallest absolute Gasteiger partial charge is 0.303 e. The van der Waals surface area contributed by atoms with E-state index < -0.39 is 11.9 Å². The molecule has 2 atom stereocenters. The summed E-state index contributed by atoms with van der Waals surface area (Å²) in [5, 5.41) is 18.9. The number of piperidine rings is 2. The number of aromatic nitrogens is 2. The van der Waals surface area contributed by atoms with Crippen molar-refractivity contribution in [2.24, 2.45) is 0 Å². The second-order valence-corrected chi connectivity index (χ2v) is 14.6. The summed E-state index contributed by atoms with van der Waals surface area (Å²) in [5.41, 5.74) is 3.87. The number of carboxylic acids is 2. The van der Waals surface area contributed by atoms with Gasteiger partial charge in [-0.3, -0.25) is 19.6 Å². The van der Waals surface area contributed by atoms with Crippen LogP contribution in [0.15, 0.2) is 97.3 Å². The van der Waals surface area contributed by atoms with Crippen LogP contribution in [0.5, 0.6) is 0 Å². The molecular weight excluding hydrogens is 854 g/mol. The minimum Gasteiger partial charge on any atom is -0.481 e. The molecule has 296 valence electrons. The molecule has 2 aliphatic heterocycles. The summed E-state index contributed by atoms with van der Waals surface area (Å²) in [7, 11) is 0. The van der Waals surface area contributed by atoms with Gasteiger partial charge in [0.1, 0.15) is 12.2 Å². The highest BCUT2D eigenvalue weighted by Crippen LogP contribution is 2.31. The molecule has 0 aliphatic carbocycles. The molecule has 4 aromatic rings. The van der Waals surface area contributed by atoms with Crippen molar-refractivity contribution in [3.8, 4) is 0 Å². The summed E-state index contributed by atoms with van der Waals surface area (Å²) in [6, 6.07) is 27.2. The molecule has 10 nitrogen and oxygen atoms in total. The highest BCUT2D eigenvalue weighted by atomic mass is 127. The van der Waals surface area contributed by atoms with Gasteiger partial charge in [0, 0.05) is 61.5 Å². The van der Waals surface area contributed by atoms with Crippen molar-refractivity contribution in [2.45, 2.75) is 75.8 Å². The molecule has 2 N–H and O–H groups in total. The molecule has 0 spiro atoms. The summed E-state index contributed by atoms with van der Waals surface area (Å²) in [4.78, 5) is 34.9. The number of hydrogen-bond donors (Lipinski definition) is 2. The minimum atomic E-state index is -0.727. The van der Waals surface area contributed by atoms with Gasteiger partial charge in [-0.2, -0.15) is 0 Å². The highest BCUT2D eigenvalue weighted by molar-refractivity contribution is 14.0. The molecule has 13 heteroatoms. The zero-order chi connectivity index (χ0) is 38.1. The third-order valence-corrected chi connectivity index (χ3v) is 10.2. The number of likely N-dealkylation sites (tertiary alicyclic amines) is 2. The van der Waals surface area contributed by atoms with E-state index in [4.69, 9.17) is 42.9 Å². The third-order valence-electron chi connectivity index (χ3n) is 9.71. The lowest BCUT2D eigenvalue weighted by molar-refractivity contribution is -0.138. The van der Waals surface area contributed by atoms with Crippen LogP contribution in [0.25, 0.3) is 0 Å². The summed E-state index contributed by atoms with van der Waals surface area (Å²) >= 11 is 12.1. The van der Waals surface area contributed by atoms with Crippen LogP contribution in [0, 0.1) is 0 Å². The molecule has 55 heavy (non-hydrogen) atoms. The normalized spacial score (nSPS) is 16.6. The number of hydrogen-bond acceptors (Lipinski definition) is 8. The molecule has 0 radical (unpaired) electrons. The second kappa shape index (κ2) is 23.8. The van der Waals surface area contributed by atoms with Gasteiger partial charge >= 0.3 is 11.9 Å². The lowest BCUT2D eigenvalue weighted by atomic mass is 10.0. The number of aliphatic carboxylic acids is 2. The molecule has 0 bridgehead atoms. The Morgan fingerprint density at radius 2 is 0.982 bits per heavy atom. The van der Waals surface area contributed by atoms with Crippen molar-refractivity contribution in [3.63, 3.8) is 0 Å². The number of pyridine rings is 2. The van der Waals surface area contributed by atoms with Crippen molar-refractivity contribution in [2.75, 3.05) is 39.3 Å². The fourth-order valence-electron chi connectivity index (χ4n) is 6.81. The molecular formula is C42H51Cl2IN4O6. The van der Waals surface area contributed by atoms with E-state index in [0.717, 1.165) is 87.5 Å². The summed E-state index contributed by atoms with van der Waals surface area (Å²) in [6.07, 6.45) is 9.04. The third kappa shape index (κ3) is 15.4. The summed E-state index contributed by atoms with van der Waals surface area (Å²) in [5.74, 6) is -1.45. The zero-order valence-corrected chi connectivity index (χ0v) is 34.8. The number of benzene rings is 2. The van der Waals surface area contributed by atoms with Crippen molar-refractivity contribution in [1.82, 2.24) is 19.8 Å². The second-order valence-electron chi connectivity index (χ2n) is 13.7. The van der Waals surface area contributed by atoms with Crippen LogP contribution in [0.2, 0.25) is 10.0 Å². The Hall–Kier alpha value is -3.17. The number of halogens is 3. The van der Waals surface area contributed by atoms with Crippen molar-refractivity contribution >= 4 is 59.1 Å². The first kappa shape index (κ1) is 44.5. The van der Waals surface area contributed by atoms with Crippen LogP contribution in [-0.2, 0) is 19.1 Å². The molecule has 6 rings (SSSR count). The molecule has 2 aromatic heterocycles. The van der Waals surface area contributed by atoms with E-state index in [-0.39, 0.29) is 61.2 Å². The summed E-state index contributed by atoms with van der Waals surface area (Å²) < 4.78 is 12.9. The number of ether oxygens (including phenoxy) is 2. The molecule has 2 aromatic carbocycles. The van der Waals surface area contributed by atoms with Gasteiger partial charge in [-0.25, -0.2) is 0 Å². The van der Waals surface area contributed by atoms with Gasteiger partial charge in [-0.1, -0.05) is 59.6 Å². The molecule has 2 saturated heterocycles. The Balaban J connectivity index is 0.000000240. The molecule has 2 aliphatic rings. The molecule has 2 fully saturated rings. The van der Waals surface area contributed by atoms with E-state index in [1.807, 2.05) is 84.9 Å². The number of rotatable bonds is 16. The van der Waals surface area contributed by atoms with Gasteiger partial charge in [-0.05, 0) is 111 Å². The Morgan fingerprint density at radius 3 is 1.29 bits per heavy atom. The number of carbonyl (C=O) groups is 2. The first-order chi connectivity index (χ1) is 26.2. The molecule has 0 saturated carbocycles. The van der Waals surface area contributed by atoms with Gasteiger partial charge in [0.15, 0.2) is 0 Å². The van der Waals surface area contributed by atoms with Crippen molar-refractivity contribution in [3.05, 3.63) is 130 Å². The quantitative estimate of drug-likeness (QED) is 0.105. The topological polar surface area (TPSA) is 125 Å². The molecule has 0 amide bonds. The SMILES string of the molecule is I.O=C(O)CCCN1CCC(O[C@@H](c2ccc(Cl)cc2)c2ccccn2)CC1.O=C(O)CCCN1CCC(O[C@@H](c2ccc(Cl)cc2)c2ccccn2)CC1. The lowest BCUT2D eigenvalue weighted by Crippen LogP contribution is -2.38. The van der Waals surface area contributed by atoms with Crippen molar-refractivity contribution in [1.29, 1.82) is 0 Å². The fourth-order valence-corrected chi connectivity index (χ4v) is 7.06. The first-order valence-electron chi connectivity index (χ1n) is 18.8. The van der Waals surface area contributed by atoms with E-state index in [9.17, 15) is 9.59 Å². The van der Waals surface area contributed by atoms with Crippen molar-refractivity contribution < 1.29 is 29.3 Å². The van der Waals surface area contributed by atoms with Gasteiger partial charge in [0.05, 0.1) is 23.6 Å². The largest absolute Gasteiger partial charge is 0.481 e. The Labute approximate surface area is 351 Å². The maximum Gasteiger partial charge on any atom is 0.303 e. The van der Waals surface area contributed by atoms with Gasteiger partial charge in [0.2, 0.25) is 0 Å². The highest BCUT2D eigenvalue weighted by Gasteiger charge is 2.27. The average Bonchev–Trinajstić information content (AvgIpc) is 3.19. The fraction of sp³-hybridized carbons (Fsp3) is 0.429. The Morgan fingerprint density at radius 1 is 0.618 bits per heavy atom. The van der Waals surface area contributed by atoms with Gasteiger partial charge in [0.25, 0.3) is 0 Å². The zero-order valence-electron chi connectivity index (χ0n) is 30.9. The maximum atomic E-state index is 10.7. The number of nitrogens with zero attached hydrogens (tertiary/aromatic N) is 4. The van der Waals surface area contributed by atoms with E-state index >= 15 is 0 Å². The average molecular weight is 906 g/mol. The Kier molecular flexibility index (Phi) is 19.3. The van der Waals surface area contributed by atoms with Crippen LogP contribution in [0.3, 0.4) is 0 Å². The van der Waals surface area contributed by atoms with E-state index in [2.05, 4.69) is 19.8 Å². The van der Waals surface area contributed by atoms with Gasteiger partial charge < -0.3 is 29.5 Å². The monoisotopic (exact) mass is 904 g/mol. The minimum absolute atomic E-state index is 0. The first-order valence-corrected chi connectivity index (χ1v) is 19.5. The van der Waals surface area contributed by atoms with Crippen LogP contribution in [0.4, 0.5) is 0 Å². The van der Waals surface area contributed by atoms with E-state index in [1.165, 1.54) is 0 Å². The number of carboxylic acid groups (broad SMARTS) is 2. The Bertz CT molecular complexity index is 1570. The standard InChI is InChI=1S/2C21H25ClN2O3.HI/c2*22-17-8-6-16(7-9-17)21(19-4-1-2-12-23-19)27-18-10-14-24(15-11-18)13-3-5-20(25)26;/h2*1-2,4,6-9,12,18,21H,3,5,10-11,13-15H2,(H,25,26);1H/t2*21-;/m00./s1. The van der Waals surface area contributed by atoms with Gasteiger partial charge in [-0.15, -0.1) is 24.0 Å². The van der Waals surface area contributed by atoms with E-state index in [1.54, 1.807) is 12.4 Å². The van der Waals surface area contributed by atoms with Crippen LogP contribution in [-0.4, -0.2) is 93.4 Å². The predicted molar refractivity (Wildman–Crippen MR) is 225 cm³/mol. The maximum absolute atomic E-state index is 10.7. The molecule has 0 unspecified atom stereocenters. The lowest BCUT2D eigenvalue weighted by Gasteiger charge is -2.34. The van der Waals surface area contributed by atoms with Crippen LogP contribution >= 0.6 is 47.2 Å². The molecule has 4 heterocycles.